The van der Waals surface area contributed by atoms with E-state index in [1.807, 2.05) is 4.90 Å². The first-order valence-corrected chi connectivity index (χ1v) is 6.81. The number of carbonyl (C=O) groups excluding carboxylic acids is 1. The van der Waals surface area contributed by atoms with E-state index in [4.69, 9.17) is 0 Å². The van der Waals surface area contributed by atoms with Gasteiger partial charge in [-0.25, -0.2) is 8.78 Å². The van der Waals surface area contributed by atoms with E-state index in [9.17, 15) is 13.6 Å². The Labute approximate surface area is 118 Å². The van der Waals surface area contributed by atoms with Crippen LogP contribution in [0.1, 0.15) is 24.2 Å². The third kappa shape index (κ3) is 3.22. The first-order valence-electron chi connectivity index (χ1n) is 6.81. The van der Waals surface area contributed by atoms with Crippen molar-refractivity contribution in [1.82, 2.24) is 9.80 Å². The van der Waals surface area contributed by atoms with Gasteiger partial charge in [-0.2, -0.15) is 0 Å². The van der Waals surface area contributed by atoms with Crippen LogP contribution in [0.25, 0.3) is 0 Å². The molecule has 0 N–H and O–H groups in total. The number of hydrogen-bond donors (Lipinski definition) is 0. The van der Waals surface area contributed by atoms with Gasteiger partial charge in [0.25, 0.3) is 0 Å². The molecule has 1 aromatic carbocycles. The van der Waals surface area contributed by atoms with Crippen molar-refractivity contribution in [2.24, 2.45) is 0 Å². The maximum atomic E-state index is 13.6. The summed E-state index contributed by atoms with van der Waals surface area (Å²) in [6.07, 6.45) is 0. The summed E-state index contributed by atoms with van der Waals surface area (Å²) >= 11 is 0. The van der Waals surface area contributed by atoms with Gasteiger partial charge in [0.15, 0.2) is 5.78 Å². The average molecular weight is 282 g/mol. The van der Waals surface area contributed by atoms with E-state index >= 15 is 0 Å². The minimum absolute atomic E-state index is 0.128. The van der Waals surface area contributed by atoms with Gasteiger partial charge in [0.2, 0.25) is 0 Å². The van der Waals surface area contributed by atoms with E-state index in [0.717, 1.165) is 31.3 Å². The van der Waals surface area contributed by atoms with Crippen molar-refractivity contribution in [3.63, 3.8) is 0 Å². The Morgan fingerprint density at radius 2 is 1.85 bits per heavy atom. The molecule has 1 aromatic rings. The molecule has 2 atom stereocenters. The van der Waals surface area contributed by atoms with Crippen molar-refractivity contribution >= 4 is 5.78 Å². The smallest absolute Gasteiger partial charge is 0.179 e. The van der Waals surface area contributed by atoms with Gasteiger partial charge in [0.05, 0.1) is 12.1 Å². The largest absolute Gasteiger partial charge is 0.298 e. The molecule has 0 radical (unpaired) electrons. The number of nitrogens with zero attached hydrogens (tertiary/aromatic N) is 2. The summed E-state index contributed by atoms with van der Waals surface area (Å²) in [5.41, 5.74) is -0.163. The van der Waals surface area contributed by atoms with Crippen LogP contribution in [0.3, 0.4) is 0 Å². The summed E-state index contributed by atoms with van der Waals surface area (Å²) in [5, 5.41) is 0. The lowest BCUT2D eigenvalue weighted by Gasteiger charge is -2.42. The second kappa shape index (κ2) is 5.97. The average Bonchev–Trinajstić information content (AvgIpc) is 2.38. The molecule has 20 heavy (non-hydrogen) atoms. The van der Waals surface area contributed by atoms with Crippen LogP contribution in [0.5, 0.6) is 0 Å². The van der Waals surface area contributed by atoms with E-state index in [2.05, 4.69) is 25.8 Å². The van der Waals surface area contributed by atoms with Crippen molar-refractivity contribution in [1.29, 1.82) is 0 Å². The van der Waals surface area contributed by atoms with Crippen molar-refractivity contribution in [3.05, 3.63) is 35.4 Å². The number of ketones is 1. The second-order valence-corrected chi connectivity index (χ2v) is 5.60. The quantitative estimate of drug-likeness (QED) is 0.794. The molecule has 1 heterocycles. The molecule has 3 nitrogen and oxygen atoms in total. The van der Waals surface area contributed by atoms with E-state index in [1.54, 1.807) is 0 Å². The summed E-state index contributed by atoms with van der Waals surface area (Å²) in [4.78, 5) is 16.4. The van der Waals surface area contributed by atoms with Crippen LogP contribution in [0, 0.1) is 11.6 Å². The highest BCUT2D eigenvalue weighted by molar-refractivity contribution is 5.97. The molecule has 2 unspecified atom stereocenters. The first-order chi connectivity index (χ1) is 9.38. The number of benzene rings is 1. The number of halogens is 2. The van der Waals surface area contributed by atoms with Gasteiger partial charge in [0, 0.05) is 25.2 Å². The minimum atomic E-state index is -0.661. The van der Waals surface area contributed by atoms with Crippen molar-refractivity contribution in [2.45, 2.75) is 25.9 Å². The summed E-state index contributed by atoms with van der Waals surface area (Å²) in [6.45, 7) is 5.82. The molecular formula is C15H20F2N2O. The molecule has 0 bridgehead atoms. The number of carbonyl (C=O) groups is 1. The van der Waals surface area contributed by atoms with Crippen LogP contribution in [-0.4, -0.2) is 54.3 Å². The zero-order valence-electron chi connectivity index (χ0n) is 12.1. The standard InChI is InChI=1S/C15H20F2N2O/c1-10-7-19(8-11(2)18(10)3)9-15(20)13-6-12(16)4-5-14(13)17/h4-6,10-11H,7-9H2,1-3H3. The summed E-state index contributed by atoms with van der Waals surface area (Å²) in [6, 6.07) is 3.66. The lowest BCUT2D eigenvalue weighted by molar-refractivity contribution is 0.0547. The predicted octanol–water partition coefficient (Wildman–Crippen LogP) is 2.17. The Kier molecular flexibility index (Phi) is 4.50. The third-order valence-electron chi connectivity index (χ3n) is 4.03. The number of Topliss-reactive ketones (excluding diaryl/α,β-unsaturated/α-hetero) is 1. The maximum absolute atomic E-state index is 13.6. The van der Waals surface area contributed by atoms with Crippen LogP contribution in [0.4, 0.5) is 8.78 Å². The second-order valence-electron chi connectivity index (χ2n) is 5.60. The van der Waals surface area contributed by atoms with Crippen LogP contribution < -0.4 is 0 Å². The Balaban J connectivity index is 2.06. The molecule has 1 aliphatic rings. The topological polar surface area (TPSA) is 23.6 Å². The van der Waals surface area contributed by atoms with E-state index in [1.165, 1.54) is 0 Å². The molecule has 0 spiro atoms. The zero-order chi connectivity index (χ0) is 14.9. The highest BCUT2D eigenvalue weighted by atomic mass is 19.1. The predicted molar refractivity (Wildman–Crippen MR) is 73.8 cm³/mol. The number of likely N-dealkylation sites (N-methyl/N-ethyl adjacent to an activating group) is 1. The van der Waals surface area contributed by atoms with Crippen LogP contribution in [0.15, 0.2) is 18.2 Å². The Hall–Kier alpha value is -1.33. The van der Waals surface area contributed by atoms with Gasteiger partial charge in [-0.15, -0.1) is 0 Å². The molecule has 5 heteroatoms. The highest BCUT2D eigenvalue weighted by Crippen LogP contribution is 2.15. The molecular weight excluding hydrogens is 262 g/mol. The van der Waals surface area contributed by atoms with E-state index in [-0.39, 0.29) is 17.9 Å². The fraction of sp³-hybridized carbons (Fsp3) is 0.533. The van der Waals surface area contributed by atoms with Gasteiger partial charge in [-0.1, -0.05) is 0 Å². The molecule has 1 fully saturated rings. The molecule has 110 valence electrons. The maximum Gasteiger partial charge on any atom is 0.179 e. The number of rotatable bonds is 3. The molecule has 2 rings (SSSR count). The monoisotopic (exact) mass is 282 g/mol. The summed E-state index contributed by atoms with van der Waals surface area (Å²) < 4.78 is 26.7. The lowest BCUT2D eigenvalue weighted by Crippen LogP contribution is -2.55. The van der Waals surface area contributed by atoms with Crippen LogP contribution in [-0.2, 0) is 0 Å². The normalized spacial score (nSPS) is 24.9. The summed E-state index contributed by atoms with van der Waals surface area (Å²) in [5.74, 6) is -1.62. The molecule has 1 saturated heterocycles. The van der Waals surface area contributed by atoms with E-state index in [0.29, 0.717) is 12.1 Å². The fourth-order valence-electron chi connectivity index (χ4n) is 2.64. The number of hydrogen-bond acceptors (Lipinski definition) is 3. The molecule has 0 aromatic heterocycles. The molecule has 1 aliphatic heterocycles. The number of piperazine rings is 1. The SMILES string of the molecule is CC1CN(CC(=O)c2cc(F)ccc2F)CC(C)N1C. The van der Waals surface area contributed by atoms with Gasteiger partial charge in [-0.3, -0.25) is 14.6 Å². The lowest BCUT2D eigenvalue weighted by atomic mass is 10.1. The summed E-state index contributed by atoms with van der Waals surface area (Å²) in [7, 11) is 2.06. The van der Waals surface area contributed by atoms with E-state index < -0.39 is 11.6 Å². The first kappa shape index (κ1) is 15.1. The van der Waals surface area contributed by atoms with Crippen LogP contribution >= 0.6 is 0 Å². The molecule has 0 saturated carbocycles. The molecule has 0 amide bonds. The highest BCUT2D eigenvalue weighted by Gasteiger charge is 2.28. The van der Waals surface area contributed by atoms with Gasteiger partial charge < -0.3 is 0 Å². The zero-order valence-corrected chi connectivity index (χ0v) is 12.1. The van der Waals surface area contributed by atoms with Crippen molar-refractivity contribution < 1.29 is 13.6 Å². The van der Waals surface area contributed by atoms with Gasteiger partial charge >= 0.3 is 0 Å². The van der Waals surface area contributed by atoms with Crippen LogP contribution in [0.2, 0.25) is 0 Å². The van der Waals surface area contributed by atoms with Gasteiger partial charge in [0.1, 0.15) is 11.6 Å². The molecule has 0 aliphatic carbocycles. The van der Waals surface area contributed by atoms with Gasteiger partial charge in [-0.05, 0) is 39.1 Å². The Morgan fingerprint density at radius 3 is 2.45 bits per heavy atom. The van der Waals surface area contributed by atoms with Crippen molar-refractivity contribution in [3.8, 4) is 0 Å². The third-order valence-corrected chi connectivity index (χ3v) is 4.03. The Morgan fingerprint density at radius 1 is 1.25 bits per heavy atom. The van der Waals surface area contributed by atoms with Crippen molar-refractivity contribution in [2.75, 3.05) is 26.7 Å². The minimum Gasteiger partial charge on any atom is -0.298 e. The Bertz CT molecular complexity index is 495. The fourth-order valence-corrected chi connectivity index (χ4v) is 2.64.